The molecule has 0 atom stereocenters. The second-order valence-corrected chi connectivity index (χ2v) is 10.2. The van der Waals surface area contributed by atoms with Crippen molar-refractivity contribution >= 4 is 5.97 Å². The van der Waals surface area contributed by atoms with Crippen LogP contribution in [0.3, 0.4) is 0 Å². The van der Waals surface area contributed by atoms with E-state index in [1.54, 1.807) is 0 Å². The molecule has 0 N–H and O–H groups in total. The first-order valence-electron chi connectivity index (χ1n) is 9.79. The lowest BCUT2D eigenvalue weighted by Gasteiger charge is -2.33. The second-order valence-electron chi connectivity index (χ2n) is 10.2. The maximum absolute atomic E-state index is 12.0. The quantitative estimate of drug-likeness (QED) is 0.499. The van der Waals surface area contributed by atoms with Crippen LogP contribution in [0, 0.1) is 0 Å². The number of hydrogen-bond acceptors (Lipinski definition) is 3. The predicted molar refractivity (Wildman–Crippen MR) is 108 cm³/mol. The van der Waals surface area contributed by atoms with Gasteiger partial charge in [-0.25, -0.2) is 0 Å². The van der Waals surface area contributed by atoms with Crippen molar-refractivity contribution in [2.24, 2.45) is 0 Å². The molecule has 1 aromatic rings. The van der Waals surface area contributed by atoms with E-state index in [0.717, 1.165) is 41.9 Å². The molecule has 0 saturated carbocycles. The standard InChI is InChI=1S/C23H36O3/c1-11-12-15-17(21(3,4)5)20(25-14(2)24)18(22(6,7)8)16-13-23(9,10)26-19(15)16/h11-13H2,1-10H3. The van der Waals surface area contributed by atoms with Crippen LogP contribution in [0.1, 0.15) is 97.9 Å². The summed E-state index contributed by atoms with van der Waals surface area (Å²) in [6.07, 6.45) is 2.78. The van der Waals surface area contributed by atoms with Crippen LogP contribution in [0.25, 0.3) is 0 Å². The molecule has 0 amide bonds. The summed E-state index contributed by atoms with van der Waals surface area (Å²) in [5.74, 6) is 1.53. The van der Waals surface area contributed by atoms with Crippen molar-refractivity contribution in [3.05, 3.63) is 22.3 Å². The fourth-order valence-electron chi connectivity index (χ4n) is 4.16. The van der Waals surface area contributed by atoms with Gasteiger partial charge in [0.2, 0.25) is 0 Å². The average Bonchev–Trinajstić information content (AvgIpc) is 2.70. The van der Waals surface area contributed by atoms with E-state index in [0.29, 0.717) is 0 Å². The normalized spacial score (nSPS) is 16.2. The summed E-state index contributed by atoms with van der Waals surface area (Å²) in [5.41, 5.74) is 4.13. The van der Waals surface area contributed by atoms with Crippen LogP contribution in [0.2, 0.25) is 0 Å². The molecule has 0 aromatic heterocycles. The zero-order valence-electron chi connectivity index (χ0n) is 18.3. The van der Waals surface area contributed by atoms with E-state index < -0.39 is 0 Å². The summed E-state index contributed by atoms with van der Waals surface area (Å²) in [6, 6.07) is 0. The summed E-state index contributed by atoms with van der Waals surface area (Å²) in [6.45, 7) is 21.1. The van der Waals surface area contributed by atoms with E-state index in [-0.39, 0.29) is 22.4 Å². The number of rotatable bonds is 3. The number of fused-ring (bicyclic) bond motifs is 1. The molecule has 0 unspecified atom stereocenters. The van der Waals surface area contributed by atoms with Crippen molar-refractivity contribution in [2.45, 2.75) is 105 Å². The molecule has 146 valence electrons. The average molecular weight is 361 g/mol. The van der Waals surface area contributed by atoms with Crippen LogP contribution in [0.4, 0.5) is 0 Å². The predicted octanol–water partition coefficient (Wildman–Crippen LogP) is 5.87. The smallest absolute Gasteiger partial charge is 0.308 e. The lowest BCUT2D eigenvalue weighted by Crippen LogP contribution is -2.25. The SMILES string of the molecule is CCCc1c2c(c(C(C)(C)C)c(OC(C)=O)c1C(C)(C)C)CC(C)(C)O2. The highest BCUT2D eigenvalue weighted by molar-refractivity contribution is 5.74. The molecule has 0 fully saturated rings. The van der Waals surface area contributed by atoms with Crippen molar-refractivity contribution in [3.63, 3.8) is 0 Å². The van der Waals surface area contributed by atoms with E-state index in [1.807, 2.05) is 0 Å². The highest BCUT2D eigenvalue weighted by atomic mass is 16.5. The van der Waals surface area contributed by atoms with Crippen molar-refractivity contribution in [2.75, 3.05) is 0 Å². The van der Waals surface area contributed by atoms with Gasteiger partial charge in [-0.2, -0.15) is 0 Å². The molecular weight excluding hydrogens is 324 g/mol. The van der Waals surface area contributed by atoms with E-state index in [1.165, 1.54) is 18.1 Å². The Morgan fingerprint density at radius 2 is 1.62 bits per heavy atom. The van der Waals surface area contributed by atoms with Crippen molar-refractivity contribution in [3.8, 4) is 11.5 Å². The monoisotopic (exact) mass is 360 g/mol. The molecule has 1 heterocycles. The van der Waals surface area contributed by atoms with Crippen LogP contribution in [0.15, 0.2) is 0 Å². The van der Waals surface area contributed by atoms with Crippen LogP contribution in [0.5, 0.6) is 11.5 Å². The fourth-order valence-corrected chi connectivity index (χ4v) is 4.16. The molecule has 0 radical (unpaired) electrons. The Morgan fingerprint density at radius 1 is 1.08 bits per heavy atom. The van der Waals surface area contributed by atoms with Gasteiger partial charge in [0, 0.05) is 35.6 Å². The van der Waals surface area contributed by atoms with E-state index >= 15 is 0 Å². The number of ether oxygens (including phenoxy) is 2. The molecule has 0 saturated heterocycles. The minimum atomic E-state index is -0.262. The minimum Gasteiger partial charge on any atom is -0.487 e. The van der Waals surface area contributed by atoms with Gasteiger partial charge < -0.3 is 9.47 Å². The molecule has 0 aliphatic carbocycles. The van der Waals surface area contributed by atoms with Gasteiger partial charge in [0.25, 0.3) is 0 Å². The lowest BCUT2D eigenvalue weighted by atomic mass is 9.73. The molecule has 2 rings (SSSR count). The van der Waals surface area contributed by atoms with E-state index in [4.69, 9.17) is 9.47 Å². The number of hydrogen-bond donors (Lipinski definition) is 0. The second kappa shape index (κ2) is 6.58. The van der Waals surface area contributed by atoms with Gasteiger partial charge in [0.1, 0.15) is 17.1 Å². The van der Waals surface area contributed by atoms with Gasteiger partial charge in [-0.05, 0) is 31.1 Å². The highest BCUT2D eigenvalue weighted by Gasteiger charge is 2.42. The summed E-state index contributed by atoms with van der Waals surface area (Å²) in [7, 11) is 0. The Labute approximate surface area is 159 Å². The largest absolute Gasteiger partial charge is 0.487 e. The van der Waals surface area contributed by atoms with E-state index in [9.17, 15) is 4.79 Å². The number of carbonyl (C=O) groups is 1. The highest BCUT2D eigenvalue weighted by Crippen LogP contribution is 2.53. The van der Waals surface area contributed by atoms with Crippen molar-refractivity contribution < 1.29 is 14.3 Å². The van der Waals surface area contributed by atoms with Gasteiger partial charge in [-0.1, -0.05) is 54.9 Å². The Bertz CT molecular complexity index is 713. The van der Waals surface area contributed by atoms with Crippen LogP contribution >= 0.6 is 0 Å². The number of benzene rings is 1. The minimum absolute atomic E-state index is 0.149. The van der Waals surface area contributed by atoms with Crippen molar-refractivity contribution in [1.82, 2.24) is 0 Å². The molecule has 26 heavy (non-hydrogen) atoms. The molecule has 1 aliphatic rings. The Morgan fingerprint density at radius 3 is 2.04 bits per heavy atom. The Balaban J connectivity index is 3.01. The number of esters is 1. The zero-order valence-corrected chi connectivity index (χ0v) is 18.3. The summed E-state index contributed by atoms with van der Waals surface area (Å²) in [5, 5.41) is 0. The maximum atomic E-state index is 12.0. The van der Waals surface area contributed by atoms with Crippen molar-refractivity contribution in [1.29, 1.82) is 0 Å². The summed E-state index contributed by atoms with van der Waals surface area (Å²) in [4.78, 5) is 12.0. The Hall–Kier alpha value is -1.51. The third kappa shape index (κ3) is 3.92. The van der Waals surface area contributed by atoms with Gasteiger partial charge >= 0.3 is 5.97 Å². The molecule has 3 nitrogen and oxygen atoms in total. The first-order valence-corrected chi connectivity index (χ1v) is 9.79. The third-order valence-electron chi connectivity index (χ3n) is 4.83. The van der Waals surface area contributed by atoms with Crippen LogP contribution in [-0.2, 0) is 28.5 Å². The fraction of sp³-hybridized carbons (Fsp3) is 0.696. The first-order chi connectivity index (χ1) is 11.7. The first kappa shape index (κ1) is 20.8. The topological polar surface area (TPSA) is 35.5 Å². The lowest BCUT2D eigenvalue weighted by molar-refractivity contribution is -0.132. The zero-order chi connectivity index (χ0) is 20.1. The Kier molecular flexibility index (Phi) is 5.26. The van der Waals surface area contributed by atoms with E-state index in [2.05, 4.69) is 62.3 Å². The molecule has 0 bridgehead atoms. The molecule has 1 aromatic carbocycles. The molecular formula is C23H36O3. The summed E-state index contributed by atoms with van der Waals surface area (Å²) >= 11 is 0. The molecule has 1 aliphatic heterocycles. The third-order valence-corrected chi connectivity index (χ3v) is 4.83. The maximum Gasteiger partial charge on any atom is 0.308 e. The van der Waals surface area contributed by atoms with Gasteiger partial charge in [-0.3, -0.25) is 4.79 Å². The summed E-state index contributed by atoms with van der Waals surface area (Å²) < 4.78 is 12.4. The van der Waals surface area contributed by atoms with Crippen LogP contribution < -0.4 is 9.47 Å². The number of carbonyl (C=O) groups excluding carboxylic acids is 1. The van der Waals surface area contributed by atoms with Crippen LogP contribution in [-0.4, -0.2) is 11.6 Å². The molecule has 0 spiro atoms. The molecule has 3 heteroatoms. The van der Waals surface area contributed by atoms with Gasteiger partial charge in [0.05, 0.1) is 0 Å². The van der Waals surface area contributed by atoms with Gasteiger partial charge in [-0.15, -0.1) is 0 Å². The van der Waals surface area contributed by atoms with Gasteiger partial charge in [0.15, 0.2) is 0 Å².